The summed E-state index contributed by atoms with van der Waals surface area (Å²) in [6.45, 7) is 3.47. The Bertz CT molecular complexity index is 946. The Morgan fingerprint density at radius 2 is 1.70 bits per heavy atom. The first kappa shape index (κ1) is 21.7. The highest BCUT2D eigenvalue weighted by Gasteiger charge is 2.24. The number of halogens is 1. The molecule has 0 saturated heterocycles. The van der Waals surface area contributed by atoms with E-state index in [1.165, 1.54) is 6.08 Å². The zero-order valence-corrected chi connectivity index (χ0v) is 17.9. The fraction of sp³-hybridized carbons (Fsp3) is 0.273. The molecule has 30 heavy (non-hydrogen) atoms. The van der Waals surface area contributed by atoms with Gasteiger partial charge in [0.1, 0.15) is 10.3 Å². The number of rotatable bonds is 6. The molecule has 1 fully saturated rings. The molecule has 2 aromatic rings. The van der Waals surface area contributed by atoms with Gasteiger partial charge in [0.2, 0.25) is 5.91 Å². The lowest BCUT2D eigenvalue weighted by Crippen LogP contribution is -2.45. The lowest BCUT2D eigenvalue weighted by atomic mass is 9.90. The molecule has 3 N–H and O–H groups in total. The molecule has 156 valence electrons. The minimum absolute atomic E-state index is 0.00310. The average molecular weight is 471 g/mol. The van der Waals surface area contributed by atoms with Crippen LogP contribution >= 0.6 is 15.9 Å². The highest BCUT2D eigenvalue weighted by Crippen LogP contribution is 2.19. The molecule has 3 rings (SSSR count). The third-order valence-electron chi connectivity index (χ3n) is 4.89. The number of aromatic nitrogens is 1. The number of nitrogens with zero attached hydrogens (tertiary/aromatic N) is 1. The number of anilines is 1. The van der Waals surface area contributed by atoms with Gasteiger partial charge in [0.05, 0.1) is 0 Å². The molecule has 1 saturated carbocycles. The van der Waals surface area contributed by atoms with Gasteiger partial charge in [0.15, 0.2) is 0 Å². The highest BCUT2D eigenvalue weighted by molar-refractivity contribution is 9.10. The summed E-state index contributed by atoms with van der Waals surface area (Å²) in [6.07, 6.45) is 4.66. The summed E-state index contributed by atoms with van der Waals surface area (Å²) in [5.41, 5.74) is 1.37. The van der Waals surface area contributed by atoms with Gasteiger partial charge in [0, 0.05) is 23.3 Å². The van der Waals surface area contributed by atoms with Crippen LogP contribution in [-0.2, 0) is 4.79 Å². The van der Waals surface area contributed by atoms with Gasteiger partial charge in [-0.3, -0.25) is 14.4 Å². The molecule has 1 aliphatic carbocycles. The van der Waals surface area contributed by atoms with E-state index in [2.05, 4.69) is 43.4 Å². The van der Waals surface area contributed by atoms with Crippen molar-refractivity contribution in [3.8, 4) is 0 Å². The molecule has 0 bridgehead atoms. The van der Waals surface area contributed by atoms with E-state index in [9.17, 15) is 14.4 Å². The predicted octanol–water partition coefficient (Wildman–Crippen LogP) is 3.44. The number of hydrogen-bond donors (Lipinski definition) is 3. The van der Waals surface area contributed by atoms with Crippen LogP contribution in [0.4, 0.5) is 5.69 Å². The number of nitrogens with one attached hydrogen (secondary N) is 3. The molecule has 2 atom stereocenters. The molecular formula is C22H23BrN4O3. The van der Waals surface area contributed by atoms with Crippen molar-refractivity contribution in [2.45, 2.75) is 37.8 Å². The normalized spacial score (nSPS) is 18.2. The summed E-state index contributed by atoms with van der Waals surface area (Å²) in [5, 5.41) is 8.69. The van der Waals surface area contributed by atoms with Crippen molar-refractivity contribution in [3.05, 3.63) is 71.0 Å². The SMILES string of the molecule is C=CC(=O)NC1CCCC(NC(=O)c2ccc(NC(=O)c3cccc(Br)n3)cc2)C1. The molecule has 0 spiro atoms. The summed E-state index contributed by atoms with van der Waals surface area (Å²) in [7, 11) is 0. The maximum Gasteiger partial charge on any atom is 0.274 e. The lowest BCUT2D eigenvalue weighted by molar-refractivity contribution is -0.117. The fourth-order valence-electron chi connectivity index (χ4n) is 3.42. The van der Waals surface area contributed by atoms with E-state index >= 15 is 0 Å². The van der Waals surface area contributed by atoms with Crippen molar-refractivity contribution in [2.24, 2.45) is 0 Å². The molecule has 7 nitrogen and oxygen atoms in total. The third-order valence-corrected chi connectivity index (χ3v) is 5.34. The maximum atomic E-state index is 12.6. The van der Waals surface area contributed by atoms with E-state index in [0.29, 0.717) is 28.0 Å². The molecule has 2 unspecified atom stereocenters. The maximum absolute atomic E-state index is 12.6. The topological polar surface area (TPSA) is 100 Å². The molecule has 3 amide bonds. The van der Waals surface area contributed by atoms with Crippen molar-refractivity contribution in [3.63, 3.8) is 0 Å². The summed E-state index contributed by atoms with van der Waals surface area (Å²) < 4.78 is 0.580. The van der Waals surface area contributed by atoms with Gasteiger partial charge in [-0.05, 0) is 84.1 Å². The van der Waals surface area contributed by atoms with E-state index in [1.807, 2.05) is 0 Å². The Balaban J connectivity index is 1.55. The van der Waals surface area contributed by atoms with Crippen molar-refractivity contribution in [1.82, 2.24) is 15.6 Å². The Hall–Kier alpha value is -3.00. The summed E-state index contributed by atoms with van der Waals surface area (Å²) in [4.78, 5) is 40.5. The van der Waals surface area contributed by atoms with Crippen LogP contribution in [-0.4, -0.2) is 34.8 Å². The van der Waals surface area contributed by atoms with Crippen LogP contribution in [0.3, 0.4) is 0 Å². The zero-order valence-electron chi connectivity index (χ0n) is 16.4. The summed E-state index contributed by atoms with van der Waals surface area (Å²) in [5.74, 6) is -0.701. The number of benzene rings is 1. The molecule has 8 heteroatoms. The summed E-state index contributed by atoms with van der Waals surface area (Å²) in [6, 6.07) is 11.8. The largest absolute Gasteiger partial charge is 0.350 e. The van der Waals surface area contributed by atoms with Crippen LogP contribution < -0.4 is 16.0 Å². The Morgan fingerprint density at radius 1 is 1.00 bits per heavy atom. The average Bonchev–Trinajstić information content (AvgIpc) is 2.74. The Labute approximate surface area is 183 Å². The van der Waals surface area contributed by atoms with Gasteiger partial charge in [-0.15, -0.1) is 0 Å². The van der Waals surface area contributed by atoms with Gasteiger partial charge in [-0.2, -0.15) is 0 Å². The van der Waals surface area contributed by atoms with E-state index in [-0.39, 0.29) is 29.8 Å². The molecular weight excluding hydrogens is 448 g/mol. The van der Waals surface area contributed by atoms with Crippen molar-refractivity contribution >= 4 is 39.3 Å². The van der Waals surface area contributed by atoms with Gasteiger partial charge in [-0.25, -0.2) is 4.98 Å². The first-order chi connectivity index (χ1) is 14.4. The second kappa shape index (κ2) is 10.2. The predicted molar refractivity (Wildman–Crippen MR) is 118 cm³/mol. The van der Waals surface area contributed by atoms with Gasteiger partial charge < -0.3 is 16.0 Å². The minimum Gasteiger partial charge on any atom is -0.350 e. The van der Waals surface area contributed by atoms with Gasteiger partial charge >= 0.3 is 0 Å². The van der Waals surface area contributed by atoms with Crippen LogP contribution in [0.5, 0.6) is 0 Å². The number of carbonyl (C=O) groups is 3. The van der Waals surface area contributed by atoms with Gasteiger partial charge in [-0.1, -0.05) is 12.6 Å². The van der Waals surface area contributed by atoms with E-state index < -0.39 is 0 Å². The monoisotopic (exact) mass is 470 g/mol. The van der Waals surface area contributed by atoms with Crippen molar-refractivity contribution < 1.29 is 14.4 Å². The molecule has 0 radical (unpaired) electrons. The standard InChI is InChI=1S/C22H23BrN4O3/c1-2-20(28)24-16-5-3-6-17(13-16)26-21(29)14-9-11-15(12-10-14)25-22(30)18-7-4-8-19(23)27-18/h2,4,7-12,16-17H,1,3,5-6,13H2,(H,24,28)(H,25,30)(H,26,29). The van der Waals surface area contributed by atoms with Gasteiger partial charge in [0.25, 0.3) is 11.8 Å². The number of pyridine rings is 1. The second-order valence-electron chi connectivity index (χ2n) is 7.12. The zero-order chi connectivity index (χ0) is 21.5. The number of hydrogen-bond acceptors (Lipinski definition) is 4. The van der Waals surface area contributed by atoms with E-state index in [0.717, 1.165) is 19.3 Å². The Morgan fingerprint density at radius 3 is 2.37 bits per heavy atom. The van der Waals surface area contributed by atoms with Crippen LogP contribution in [0, 0.1) is 0 Å². The first-order valence-corrected chi connectivity index (χ1v) is 10.5. The number of amides is 3. The number of carbonyl (C=O) groups excluding carboxylic acids is 3. The molecule has 0 aliphatic heterocycles. The van der Waals surface area contributed by atoms with Crippen molar-refractivity contribution in [1.29, 1.82) is 0 Å². The smallest absolute Gasteiger partial charge is 0.274 e. The van der Waals surface area contributed by atoms with Crippen LogP contribution in [0.15, 0.2) is 59.7 Å². The molecule has 1 aliphatic rings. The molecule has 1 aromatic heterocycles. The van der Waals surface area contributed by atoms with Crippen LogP contribution in [0.1, 0.15) is 46.5 Å². The highest BCUT2D eigenvalue weighted by atomic mass is 79.9. The van der Waals surface area contributed by atoms with Crippen LogP contribution in [0.25, 0.3) is 0 Å². The fourth-order valence-corrected chi connectivity index (χ4v) is 3.76. The van der Waals surface area contributed by atoms with Crippen molar-refractivity contribution in [2.75, 3.05) is 5.32 Å². The molecule has 1 aromatic carbocycles. The molecule has 1 heterocycles. The minimum atomic E-state index is -0.330. The lowest BCUT2D eigenvalue weighted by Gasteiger charge is -2.30. The second-order valence-corrected chi connectivity index (χ2v) is 7.94. The van der Waals surface area contributed by atoms with E-state index in [4.69, 9.17) is 0 Å². The summed E-state index contributed by atoms with van der Waals surface area (Å²) >= 11 is 3.24. The third kappa shape index (κ3) is 6.00. The quantitative estimate of drug-likeness (QED) is 0.444. The van der Waals surface area contributed by atoms with Crippen LogP contribution in [0.2, 0.25) is 0 Å². The Kier molecular flexibility index (Phi) is 7.35. The van der Waals surface area contributed by atoms with E-state index in [1.54, 1.807) is 42.5 Å². The first-order valence-electron chi connectivity index (χ1n) is 9.72.